The van der Waals surface area contributed by atoms with Gasteiger partial charge in [0.05, 0.1) is 13.0 Å². The number of nitrogens with one attached hydrogen (secondary N) is 2. The highest BCUT2D eigenvalue weighted by Gasteiger charge is 2.34. The van der Waals surface area contributed by atoms with Crippen LogP contribution in [-0.2, 0) is 9.59 Å². The topological polar surface area (TPSA) is 87.7 Å². The number of carbonyl (C=O) groups is 3. The summed E-state index contributed by atoms with van der Waals surface area (Å²) in [6.07, 6.45) is 0.750. The molecule has 2 N–H and O–H groups in total. The second kappa shape index (κ2) is 11.1. The highest BCUT2D eigenvalue weighted by Crippen LogP contribution is 2.24. The molecule has 3 rings (SSSR count). The number of amides is 3. The smallest absolute Gasteiger partial charge is 0.251 e. The molecule has 3 amide bonds. The molecular weight excluding hydrogens is 438 g/mol. The van der Waals surface area contributed by atoms with Crippen LogP contribution in [0.25, 0.3) is 0 Å². The van der Waals surface area contributed by atoms with Gasteiger partial charge >= 0.3 is 0 Å². The number of hydrogen-bond acceptors (Lipinski definition) is 5. The SMILES string of the molecule is COc1ccc(NC(=O)C2CSCN2C(=O)CCCNC(=O)c2ccc(Cl)cc2)cc1. The minimum atomic E-state index is -0.511. The van der Waals surface area contributed by atoms with Gasteiger partial charge in [-0.1, -0.05) is 11.6 Å². The number of carbonyl (C=O) groups excluding carboxylic acids is 3. The summed E-state index contributed by atoms with van der Waals surface area (Å²) in [4.78, 5) is 39.0. The van der Waals surface area contributed by atoms with Crippen molar-refractivity contribution in [3.8, 4) is 5.75 Å². The maximum Gasteiger partial charge on any atom is 0.251 e. The molecule has 164 valence electrons. The van der Waals surface area contributed by atoms with E-state index in [-0.39, 0.29) is 24.1 Å². The predicted octanol–water partition coefficient (Wildman–Crippen LogP) is 3.40. The van der Waals surface area contributed by atoms with E-state index in [1.54, 1.807) is 72.3 Å². The van der Waals surface area contributed by atoms with Crippen LogP contribution >= 0.6 is 23.4 Å². The summed E-state index contributed by atoms with van der Waals surface area (Å²) >= 11 is 7.37. The third-order valence-electron chi connectivity index (χ3n) is 4.82. The van der Waals surface area contributed by atoms with Crippen molar-refractivity contribution in [3.63, 3.8) is 0 Å². The van der Waals surface area contributed by atoms with Crippen molar-refractivity contribution >= 4 is 46.8 Å². The molecule has 0 aromatic heterocycles. The molecule has 0 aliphatic carbocycles. The summed E-state index contributed by atoms with van der Waals surface area (Å²) in [6.45, 7) is 0.372. The maximum absolute atomic E-state index is 12.7. The molecule has 2 aromatic carbocycles. The van der Waals surface area contributed by atoms with E-state index in [1.165, 1.54) is 0 Å². The zero-order chi connectivity index (χ0) is 22.2. The lowest BCUT2D eigenvalue weighted by atomic mass is 10.2. The van der Waals surface area contributed by atoms with Gasteiger partial charge in [0, 0.05) is 35.0 Å². The van der Waals surface area contributed by atoms with Crippen molar-refractivity contribution in [2.75, 3.05) is 30.6 Å². The number of hydrogen-bond donors (Lipinski definition) is 2. The Morgan fingerprint density at radius 3 is 2.52 bits per heavy atom. The zero-order valence-corrected chi connectivity index (χ0v) is 18.7. The van der Waals surface area contributed by atoms with Crippen molar-refractivity contribution in [3.05, 3.63) is 59.1 Å². The molecule has 1 unspecified atom stereocenters. The first kappa shape index (κ1) is 23.0. The predicted molar refractivity (Wildman–Crippen MR) is 123 cm³/mol. The van der Waals surface area contributed by atoms with Gasteiger partial charge in [0.1, 0.15) is 11.8 Å². The summed E-state index contributed by atoms with van der Waals surface area (Å²) in [5.41, 5.74) is 1.17. The fraction of sp³-hybridized carbons (Fsp3) is 0.318. The first-order chi connectivity index (χ1) is 15.0. The van der Waals surface area contributed by atoms with Gasteiger partial charge < -0.3 is 20.3 Å². The van der Waals surface area contributed by atoms with E-state index in [0.29, 0.717) is 46.6 Å². The van der Waals surface area contributed by atoms with Crippen molar-refractivity contribution in [2.45, 2.75) is 18.9 Å². The van der Waals surface area contributed by atoms with E-state index in [0.717, 1.165) is 0 Å². The minimum absolute atomic E-state index is 0.0966. The van der Waals surface area contributed by atoms with Crippen LogP contribution in [0.2, 0.25) is 5.02 Å². The zero-order valence-electron chi connectivity index (χ0n) is 17.1. The van der Waals surface area contributed by atoms with Crippen LogP contribution in [-0.4, -0.2) is 53.9 Å². The average Bonchev–Trinajstić information content (AvgIpc) is 3.28. The summed E-state index contributed by atoms with van der Waals surface area (Å²) in [6, 6.07) is 13.1. The number of thioether (sulfide) groups is 1. The quantitative estimate of drug-likeness (QED) is 0.588. The van der Waals surface area contributed by atoms with E-state index in [1.807, 2.05) is 0 Å². The van der Waals surface area contributed by atoms with Crippen LogP contribution in [0.4, 0.5) is 5.69 Å². The summed E-state index contributed by atoms with van der Waals surface area (Å²) in [5.74, 6) is 1.23. The molecule has 1 saturated heterocycles. The fourth-order valence-corrected chi connectivity index (χ4v) is 4.40. The van der Waals surface area contributed by atoms with E-state index < -0.39 is 6.04 Å². The Labute approximate surface area is 190 Å². The molecule has 0 saturated carbocycles. The second-order valence-corrected chi connectivity index (χ2v) is 8.40. The first-order valence-corrected chi connectivity index (χ1v) is 11.4. The fourth-order valence-electron chi connectivity index (χ4n) is 3.09. The van der Waals surface area contributed by atoms with Crippen LogP contribution < -0.4 is 15.4 Å². The van der Waals surface area contributed by atoms with E-state index >= 15 is 0 Å². The summed E-state index contributed by atoms with van der Waals surface area (Å²) in [5, 5.41) is 6.21. The molecule has 1 aliphatic rings. The summed E-state index contributed by atoms with van der Waals surface area (Å²) < 4.78 is 5.11. The molecule has 0 spiro atoms. The van der Waals surface area contributed by atoms with Gasteiger partial charge in [-0.05, 0) is 55.0 Å². The molecule has 31 heavy (non-hydrogen) atoms. The number of methoxy groups -OCH3 is 1. The Hall–Kier alpha value is -2.71. The van der Waals surface area contributed by atoms with E-state index in [2.05, 4.69) is 10.6 Å². The number of halogens is 1. The first-order valence-electron chi connectivity index (χ1n) is 9.84. The normalized spacial score (nSPS) is 15.4. The monoisotopic (exact) mass is 461 g/mol. The molecule has 1 atom stereocenters. The molecule has 0 bridgehead atoms. The molecule has 1 aliphatic heterocycles. The maximum atomic E-state index is 12.7. The van der Waals surface area contributed by atoms with Crippen LogP contribution in [0.15, 0.2) is 48.5 Å². The van der Waals surface area contributed by atoms with Gasteiger partial charge in [-0.25, -0.2) is 0 Å². The van der Waals surface area contributed by atoms with Crippen LogP contribution in [0.3, 0.4) is 0 Å². The van der Waals surface area contributed by atoms with Gasteiger partial charge in [-0.3, -0.25) is 14.4 Å². The Kier molecular flexibility index (Phi) is 8.20. The third-order valence-corrected chi connectivity index (χ3v) is 6.09. The molecular formula is C22H24ClN3O4S. The van der Waals surface area contributed by atoms with Crippen molar-refractivity contribution in [1.82, 2.24) is 10.2 Å². The molecule has 2 aromatic rings. The van der Waals surface area contributed by atoms with Crippen LogP contribution in [0, 0.1) is 0 Å². The Morgan fingerprint density at radius 2 is 1.84 bits per heavy atom. The number of benzene rings is 2. The number of ether oxygens (including phenoxy) is 1. The second-order valence-electron chi connectivity index (χ2n) is 6.96. The lowest BCUT2D eigenvalue weighted by Gasteiger charge is -2.23. The number of anilines is 1. The highest BCUT2D eigenvalue weighted by atomic mass is 35.5. The number of rotatable bonds is 8. The van der Waals surface area contributed by atoms with Gasteiger partial charge in [0.15, 0.2) is 0 Å². The number of nitrogens with zero attached hydrogens (tertiary/aromatic N) is 1. The molecule has 1 heterocycles. The van der Waals surface area contributed by atoms with Crippen molar-refractivity contribution < 1.29 is 19.1 Å². The van der Waals surface area contributed by atoms with Gasteiger partial charge in [0.25, 0.3) is 5.91 Å². The highest BCUT2D eigenvalue weighted by molar-refractivity contribution is 7.99. The third kappa shape index (κ3) is 6.38. The van der Waals surface area contributed by atoms with Gasteiger partial charge in [-0.2, -0.15) is 0 Å². The van der Waals surface area contributed by atoms with Crippen LogP contribution in [0.1, 0.15) is 23.2 Å². The molecule has 9 heteroatoms. The molecule has 0 radical (unpaired) electrons. The standard InChI is InChI=1S/C22H24ClN3O4S/c1-30-18-10-8-17(9-11-18)25-22(29)19-13-31-14-26(19)20(27)3-2-12-24-21(28)15-4-6-16(23)7-5-15/h4-11,19H,2-3,12-14H2,1H3,(H,24,28)(H,25,29). The van der Waals surface area contributed by atoms with E-state index in [9.17, 15) is 14.4 Å². The lowest BCUT2D eigenvalue weighted by molar-refractivity contribution is -0.136. The van der Waals surface area contributed by atoms with Gasteiger partial charge in [-0.15, -0.1) is 11.8 Å². The lowest BCUT2D eigenvalue weighted by Crippen LogP contribution is -2.44. The Balaban J connectivity index is 1.44. The Bertz CT molecular complexity index is 921. The van der Waals surface area contributed by atoms with E-state index in [4.69, 9.17) is 16.3 Å². The van der Waals surface area contributed by atoms with Crippen LogP contribution in [0.5, 0.6) is 5.75 Å². The Morgan fingerprint density at radius 1 is 1.13 bits per heavy atom. The average molecular weight is 462 g/mol. The minimum Gasteiger partial charge on any atom is -0.497 e. The molecule has 1 fully saturated rings. The van der Waals surface area contributed by atoms with Crippen molar-refractivity contribution in [1.29, 1.82) is 0 Å². The molecule has 7 nitrogen and oxygen atoms in total. The largest absolute Gasteiger partial charge is 0.497 e. The summed E-state index contributed by atoms with van der Waals surface area (Å²) in [7, 11) is 1.58. The van der Waals surface area contributed by atoms with Crippen molar-refractivity contribution in [2.24, 2.45) is 0 Å². The van der Waals surface area contributed by atoms with Gasteiger partial charge in [0.2, 0.25) is 11.8 Å².